The number of hydrogen-bond acceptors (Lipinski definition) is 4. The van der Waals surface area contributed by atoms with Crippen LogP contribution in [-0.4, -0.2) is 24.0 Å². The molecule has 2 rings (SSSR count). The maximum atomic E-state index is 12.5. The van der Waals surface area contributed by atoms with Crippen LogP contribution in [0.2, 0.25) is 0 Å². The highest BCUT2D eigenvalue weighted by molar-refractivity contribution is 14.0. The van der Waals surface area contributed by atoms with Gasteiger partial charge in [-0.3, -0.25) is 4.99 Å². The van der Waals surface area contributed by atoms with E-state index < -0.39 is 11.9 Å². The summed E-state index contributed by atoms with van der Waals surface area (Å²) in [6.07, 6.45) is -4.04. The molecule has 26 heavy (non-hydrogen) atoms. The summed E-state index contributed by atoms with van der Waals surface area (Å²) < 4.78 is 43.2. The van der Waals surface area contributed by atoms with Crippen molar-refractivity contribution >= 4 is 41.3 Å². The number of aliphatic imine (C=N–C) groups is 1. The van der Waals surface area contributed by atoms with Crippen molar-refractivity contribution in [3.8, 4) is 0 Å². The van der Waals surface area contributed by atoms with E-state index in [1.807, 2.05) is 32.9 Å². The third kappa shape index (κ3) is 6.78. The SMILES string of the molecule is CCNC(=NCCc1nc(C(F)(F)F)cs1)NC(C)c1ccc(C)o1.I. The van der Waals surface area contributed by atoms with Crippen LogP contribution in [0.1, 0.15) is 42.1 Å². The third-order valence-corrected chi connectivity index (χ3v) is 4.23. The number of nitrogens with zero attached hydrogens (tertiary/aromatic N) is 2. The van der Waals surface area contributed by atoms with E-state index in [0.717, 1.165) is 28.2 Å². The van der Waals surface area contributed by atoms with Crippen LogP contribution in [0.3, 0.4) is 0 Å². The molecular formula is C16H22F3IN4OS. The maximum Gasteiger partial charge on any atom is 0.434 e. The third-order valence-electron chi connectivity index (χ3n) is 3.32. The van der Waals surface area contributed by atoms with Gasteiger partial charge in [-0.1, -0.05) is 0 Å². The summed E-state index contributed by atoms with van der Waals surface area (Å²) in [5.74, 6) is 2.20. The Morgan fingerprint density at radius 3 is 2.65 bits per heavy atom. The molecule has 2 aromatic rings. The minimum absolute atomic E-state index is 0. The number of furan rings is 1. The van der Waals surface area contributed by atoms with Gasteiger partial charge in [0.1, 0.15) is 11.5 Å². The highest BCUT2D eigenvalue weighted by Crippen LogP contribution is 2.30. The Hall–Kier alpha value is -1.30. The molecule has 146 valence electrons. The van der Waals surface area contributed by atoms with Gasteiger partial charge in [0.15, 0.2) is 11.7 Å². The van der Waals surface area contributed by atoms with Gasteiger partial charge < -0.3 is 15.1 Å². The fourth-order valence-corrected chi connectivity index (χ4v) is 2.90. The summed E-state index contributed by atoms with van der Waals surface area (Å²) >= 11 is 0.999. The van der Waals surface area contributed by atoms with Crippen molar-refractivity contribution in [2.45, 2.75) is 39.4 Å². The first-order valence-electron chi connectivity index (χ1n) is 7.92. The van der Waals surface area contributed by atoms with E-state index in [-0.39, 0.29) is 30.0 Å². The zero-order chi connectivity index (χ0) is 18.4. The minimum atomic E-state index is -4.40. The average molecular weight is 502 g/mol. The molecule has 2 heterocycles. The molecule has 1 atom stereocenters. The highest BCUT2D eigenvalue weighted by atomic mass is 127. The van der Waals surface area contributed by atoms with Crippen LogP contribution in [0.15, 0.2) is 26.9 Å². The second-order valence-electron chi connectivity index (χ2n) is 5.45. The second-order valence-corrected chi connectivity index (χ2v) is 6.39. The van der Waals surface area contributed by atoms with E-state index >= 15 is 0 Å². The number of hydrogen-bond donors (Lipinski definition) is 2. The van der Waals surface area contributed by atoms with Gasteiger partial charge in [-0.25, -0.2) is 4.98 Å². The zero-order valence-electron chi connectivity index (χ0n) is 14.7. The quantitative estimate of drug-likeness (QED) is 0.346. The maximum absolute atomic E-state index is 12.5. The van der Waals surface area contributed by atoms with Gasteiger partial charge in [0, 0.05) is 24.9 Å². The van der Waals surface area contributed by atoms with E-state index in [4.69, 9.17) is 4.42 Å². The molecule has 0 aliphatic carbocycles. The Morgan fingerprint density at radius 1 is 1.38 bits per heavy atom. The molecule has 0 bridgehead atoms. The smallest absolute Gasteiger partial charge is 0.434 e. The fraction of sp³-hybridized carbons (Fsp3) is 0.500. The Bertz CT molecular complexity index is 714. The topological polar surface area (TPSA) is 62.5 Å². The molecule has 0 saturated carbocycles. The van der Waals surface area contributed by atoms with Crippen LogP contribution < -0.4 is 10.6 Å². The Balaban J connectivity index is 0.00000338. The van der Waals surface area contributed by atoms with Gasteiger partial charge in [0.05, 0.1) is 11.0 Å². The van der Waals surface area contributed by atoms with Gasteiger partial charge in [-0.2, -0.15) is 13.2 Å². The zero-order valence-corrected chi connectivity index (χ0v) is 17.8. The Kier molecular flexibility index (Phi) is 8.87. The molecule has 10 heteroatoms. The molecule has 1 unspecified atom stereocenters. The van der Waals surface area contributed by atoms with E-state index in [1.54, 1.807) is 0 Å². The van der Waals surface area contributed by atoms with E-state index in [0.29, 0.717) is 30.5 Å². The summed E-state index contributed by atoms with van der Waals surface area (Å²) in [5, 5.41) is 7.77. The lowest BCUT2D eigenvalue weighted by Crippen LogP contribution is -2.38. The lowest BCUT2D eigenvalue weighted by atomic mass is 10.2. The van der Waals surface area contributed by atoms with Gasteiger partial charge >= 0.3 is 6.18 Å². The summed E-state index contributed by atoms with van der Waals surface area (Å²) in [6, 6.07) is 3.70. The average Bonchev–Trinajstić information content (AvgIpc) is 3.16. The van der Waals surface area contributed by atoms with Crippen LogP contribution in [-0.2, 0) is 12.6 Å². The summed E-state index contributed by atoms with van der Waals surface area (Å²) in [4.78, 5) is 7.99. The molecular weight excluding hydrogens is 480 g/mol. The van der Waals surface area contributed by atoms with Crippen molar-refractivity contribution in [3.05, 3.63) is 39.7 Å². The first-order chi connectivity index (χ1) is 11.8. The molecule has 0 spiro atoms. The molecule has 2 aromatic heterocycles. The van der Waals surface area contributed by atoms with Gasteiger partial charge in [0.25, 0.3) is 0 Å². The number of alkyl halides is 3. The summed E-state index contributed by atoms with van der Waals surface area (Å²) in [5.41, 5.74) is -0.844. The van der Waals surface area contributed by atoms with Crippen LogP contribution >= 0.6 is 35.3 Å². The summed E-state index contributed by atoms with van der Waals surface area (Å²) in [7, 11) is 0. The molecule has 0 fully saturated rings. The number of aromatic nitrogens is 1. The van der Waals surface area contributed by atoms with Crippen molar-refractivity contribution in [2.75, 3.05) is 13.1 Å². The Morgan fingerprint density at radius 2 is 2.12 bits per heavy atom. The van der Waals surface area contributed by atoms with Crippen LogP contribution in [0, 0.1) is 6.92 Å². The first kappa shape index (κ1) is 22.7. The molecule has 2 N–H and O–H groups in total. The van der Waals surface area contributed by atoms with Crippen molar-refractivity contribution in [1.29, 1.82) is 0 Å². The largest absolute Gasteiger partial charge is 0.464 e. The molecule has 0 aromatic carbocycles. The molecule has 0 saturated heterocycles. The van der Waals surface area contributed by atoms with Gasteiger partial charge in [-0.15, -0.1) is 35.3 Å². The summed E-state index contributed by atoms with van der Waals surface area (Å²) in [6.45, 7) is 6.77. The predicted molar refractivity (Wildman–Crippen MR) is 107 cm³/mol. The van der Waals surface area contributed by atoms with E-state index in [2.05, 4.69) is 20.6 Å². The number of rotatable bonds is 6. The molecule has 0 aliphatic heterocycles. The van der Waals surface area contributed by atoms with Crippen molar-refractivity contribution < 1.29 is 17.6 Å². The number of aryl methyl sites for hydroxylation is 1. The first-order valence-corrected chi connectivity index (χ1v) is 8.80. The predicted octanol–water partition coefficient (Wildman–Crippen LogP) is 4.54. The van der Waals surface area contributed by atoms with E-state index in [9.17, 15) is 13.2 Å². The molecule has 0 radical (unpaired) electrons. The molecule has 0 aliphatic rings. The van der Waals surface area contributed by atoms with Crippen molar-refractivity contribution in [3.63, 3.8) is 0 Å². The van der Waals surface area contributed by atoms with Crippen LogP contribution in [0.25, 0.3) is 0 Å². The number of guanidine groups is 1. The monoisotopic (exact) mass is 502 g/mol. The number of halogens is 4. The Labute approximate surface area is 171 Å². The van der Waals surface area contributed by atoms with Crippen molar-refractivity contribution in [1.82, 2.24) is 15.6 Å². The molecule has 0 amide bonds. The number of nitrogens with one attached hydrogen (secondary N) is 2. The fourth-order valence-electron chi connectivity index (χ4n) is 2.10. The standard InChI is InChI=1S/C16H21F3N4OS.HI/c1-4-20-15(22-11(3)12-6-5-10(2)24-12)21-8-7-14-23-13(9-25-14)16(17,18)19;/h5-6,9,11H,4,7-8H2,1-3H3,(H2,20,21,22);1H. The van der Waals surface area contributed by atoms with Crippen LogP contribution in [0.4, 0.5) is 13.2 Å². The lowest BCUT2D eigenvalue weighted by molar-refractivity contribution is -0.140. The molecule has 5 nitrogen and oxygen atoms in total. The normalized spacial score (nSPS) is 13.2. The van der Waals surface area contributed by atoms with Gasteiger partial charge in [-0.05, 0) is 32.9 Å². The lowest BCUT2D eigenvalue weighted by Gasteiger charge is -2.16. The van der Waals surface area contributed by atoms with E-state index in [1.165, 1.54) is 0 Å². The minimum Gasteiger partial charge on any atom is -0.464 e. The van der Waals surface area contributed by atoms with Crippen LogP contribution in [0.5, 0.6) is 0 Å². The van der Waals surface area contributed by atoms with Gasteiger partial charge in [0.2, 0.25) is 0 Å². The van der Waals surface area contributed by atoms with Crippen molar-refractivity contribution in [2.24, 2.45) is 4.99 Å². The highest BCUT2D eigenvalue weighted by Gasteiger charge is 2.33. The number of thiazole rings is 1. The second kappa shape index (κ2) is 10.1.